The molecule has 6 nitrogen and oxygen atoms in total. The molecule has 2 fully saturated rings. The monoisotopic (exact) mass is 228 g/mol. The first-order valence-corrected chi connectivity index (χ1v) is 5.54. The first kappa shape index (κ1) is 11.3. The zero-order valence-electron chi connectivity index (χ0n) is 9.02. The van der Waals surface area contributed by atoms with E-state index in [1.165, 1.54) is 4.90 Å². The number of hydrogen-bond acceptors (Lipinski definition) is 4. The fraction of sp³-hybridized carbons (Fsp3) is 0.800. The summed E-state index contributed by atoms with van der Waals surface area (Å²) in [5, 5.41) is 12.0. The minimum atomic E-state index is -0.914. The minimum Gasteiger partial charge on any atom is -0.480 e. The number of nitrogens with zero attached hydrogens (tertiary/aromatic N) is 1. The lowest BCUT2D eigenvalue weighted by Crippen LogP contribution is -2.54. The van der Waals surface area contributed by atoms with Crippen molar-refractivity contribution < 1.29 is 19.4 Å². The van der Waals surface area contributed by atoms with Crippen LogP contribution < -0.4 is 5.32 Å². The zero-order chi connectivity index (χ0) is 11.5. The van der Waals surface area contributed by atoms with E-state index in [4.69, 9.17) is 9.84 Å². The molecule has 0 saturated carbocycles. The van der Waals surface area contributed by atoms with Gasteiger partial charge in [0.25, 0.3) is 0 Å². The van der Waals surface area contributed by atoms with E-state index in [0.29, 0.717) is 32.7 Å². The molecule has 0 radical (unpaired) electrons. The Kier molecular flexibility index (Phi) is 3.40. The number of carbonyl (C=O) groups excluding carboxylic acids is 1. The van der Waals surface area contributed by atoms with Crippen molar-refractivity contribution in [1.29, 1.82) is 0 Å². The molecule has 90 valence electrons. The highest BCUT2D eigenvalue weighted by molar-refractivity contribution is 5.87. The van der Waals surface area contributed by atoms with Crippen molar-refractivity contribution in [3.05, 3.63) is 0 Å². The molecule has 0 spiro atoms. The van der Waals surface area contributed by atoms with Gasteiger partial charge in [0.2, 0.25) is 5.91 Å². The van der Waals surface area contributed by atoms with Crippen LogP contribution in [0.2, 0.25) is 0 Å². The maximum atomic E-state index is 12.0. The van der Waals surface area contributed by atoms with Crippen molar-refractivity contribution >= 4 is 11.9 Å². The van der Waals surface area contributed by atoms with Gasteiger partial charge in [-0.3, -0.25) is 4.79 Å². The standard InChI is InChI=1S/C10H16N2O4/c13-9(7-6-16-5-3-11-7)12-4-1-2-8(12)10(14)15/h7-8,11H,1-6H2,(H,14,15)/t7?,8-/m0/s1. The summed E-state index contributed by atoms with van der Waals surface area (Å²) in [7, 11) is 0. The molecule has 2 aliphatic heterocycles. The zero-order valence-corrected chi connectivity index (χ0v) is 9.02. The van der Waals surface area contributed by atoms with Crippen LogP contribution in [0.25, 0.3) is 0 Å². The van der Waals surface area contributed by atoms with E-state index in [-0.39, 0.29) is 11.9 Å². The average molecular weight is 228 g/mol. The first-order valence-electron chi connectivity index (χ1n) is 5.54. The Balaban J connectivity index is 1.99. The quantitative estimate of drug-likeness (QED) is 0.637. The molecule has 2 rings (SSSR count). The second-order valence-electron chi connectivity index (χ2n) is 4.11. The second-order valence-corrected chi connectivity index (χ2v) is 4.11. The van der Waals surface area contributed by atoms with Crippen molar-refractivity contribution in [1.82, 2.24) is 10.2 Å². The summed E-state index contributed by atoms with van der Waals surface area (Å²) in [5.41, 5.74) is 0. The van der Waals surface area contributed by atoms with Gasteiger partial charge in [0.05, 0.1) is 13.2 Å². The van der Waals surface area contributed by atoms with E-state index in [2.05, 4.69) is 5.32 Å². The first-order chi connectivity index (χ1) is 7.70. The Bertz CT molecular complexity index is 289. The Hall–Kier alpha value is -1.14. The lowest BCUT2D eigenvalue weighted by molar-refractivity contribution is -0.150. The molecule has 0 aromatic carbocycles. The highest BCUT2D eigenvalue weighted by Crippen LogP contribution is 2.18. The fourth-order valence-corrected chi connectivity index (χ4v) is 2.21. The van der Waals surface area contributed by atoms with Gasteiger partial charge in [-0.25, -0.2) is 4.79 Å². The molecule has 1 unspecified atom stereocenters. The largest absolute Gasteiger partial charge is 0.480 e. The van der Waals surface area contributed by atoms with E-state index in [1.807, 2.05) is 0 Å². The van der Waals surface area contributed by atoms with Crippen molar-refractivity contribution in [3.63, 3.8) is 0 Å². The molecule has 2 heterocycles. The number of rotatable bonds is 2. The number of carboxylic acid groups (broad SMARTS) is 1. The SMILES string of the molecule is O=C(O)[C@@H]1CCCN1C(=O)C1COCCN1. The predicted molar refractivity (Wildman–Crippen MR) is 55.0 cm³/mol. The number of hydrogen-bond donors (Lipinski definition) is 2. The summed E-state index contributed by atoms with van der Waals surface area (Å²) in [4.78, 5) is 24.4. The molecule has 2 N–H and O–H groups in total. The normalized spacial score (nSPS) is 30.4. The van der Waals surface area contributed by atoms with Gasteiger partial charge >= 0.3 is 5.97 Å². The number of ether oxygens (including phenoxy) is 1. The highest BCUT2D eigenvalue weighted by Gasteiger charge is 2.37. The number of nitrogens with one attached hydrogen (secondary N) is 1. The van der Waals surface area contributed by atoms with E-state index in [9.17, 15) is 9.59 Å². The van der Waals surface area contributed by atoms with Crippen molar-refractivity contribution in [2.24, 2.45) is 0 Å². The number of carboxylic acids is 1. The van der Waals surface area contributed by atoms with Gasteiger partial charge in [-0.2, -0.15) is 0 Å². The molecule has 16 heavy (non-hydrogen) atoms. The third-order valence-electron chi connectivity index (χ3n) is 3.04. The van der Waals surface area contributed by atoms with Crippen LogP contribution in [0.15, 0.2) is 0 Å². The lowest BCUT2D eigenvalue weighted by Gasteiger charge is -2.29. The maximum Gasteiger partial charge on any atom is 0.326 e. The van der Waals surface area contributed by atoms with Crippen molar-refractivity contribution in [2.45, 2.75) is 24.9 Å². The van der Waals surface area contributed by atoms with Crippen LogP contribution in [-0.2, 0) is 14.3 Å². The van der Waals surface area contributed by atoms with Gasteiger partial charge in [0.1, 0.15) is 12.1 Å². The summed E-state index contributed by atoms with van der Waals surface area (Å²) in [6.45, 7) is 2.11. The van der Waals surface area contributed by atoms with Crippen LogP contribution >= 0.6 is 0 Å². The summed E-state index contributed by atoms with van der Waals surface area (Å²) >= 11 is 0. The summed E-state index contributed by atoms with van der Waals surface area (Å²) in [6.07, 6.45) is 1.31. The molecule has 2 atom stereocenters. The van der Waals surface area contributed by atoms with Crippen LogP contribution in [0.4, 0.5) is 0 Å². The van der Waals surface area contributed by atoms with Crippen molar-refractivity contribution in [2.75, 3.05) is 26.3 Å². The Morgan fingerprint density at radius 1 is 1.44 bits per heavy atom. The Labute approximate surface area is 93.6 Å². The Morgan fingerprint density at radius 2 is 2.25 bits per heavy atom. The summed E-state index contributed by atoms with van der Waals surface area (Å²) in [6, 6.07) is -1.04. The molecular formula is C10H16N2O4. The van der Waals surface area contributed by atoms with E-state index < -0.39 is 12.0 Å². The molecule has 0 aromatic heterocycles. The average Bonchev–Trinajstić information content (AvgIpc) is 2.78. The number of likely N-dealkylation sites (tertiary alicyclic amines) is 1. The molecule has 2 aliphatic rings. The Morgan fingerprint density at radius 3 is 2.88 bits per heavy atom. The number of amides is 1. The third-order valence-corrected chi connectivity index (χ3v) is 3.04. The van der Waals surface area contributed by atoms with Crippen molar-refractivity contribution in [3.8, 4) is 0 Å². The van der Waals surface area contributed by atoms with Crippen LogP contribution in [0, 0.1) is 0 Å². The van der Waals surface area contributed by atoms with Crippen LogP contribution in [0.5, 0.6) is 0 Å². The summed E-state index contributed by atoms with van der Waals surface area (Å²) in [5.74, 6) is -1.06. The van der Waals surface area contributed by atoms with Gasteiger partial charge < -0.3 is 20.1 Å². The van der Waals surface area contributed by atoms with Gasteiger partial charge in [0.15, 0.2) is 0 Å². The molecule has 6 heteroatoms. The van der Waals surface area contributed by atoms with Gasteiger partial charge in [-0.05, 0) is 12.8 Å². The van der Waals surface area contributed by atoms with E-state index in [0.717, 1.165) is 6.42 Å². The molecule has 2 saturated heterocycles. The number of aliphatic carboxylic acids is 1. The number of morpholine rings is 1. The molecule has 0 aliphatic carbocycles. The minimum absolute atomic E-state index is 0.149. The van der Waals surface area contributed by atoms with E-state index in [1.54, 1.807) is 0 Å². The van der Waals surface area contributed by atoms with Gasteiger partial charge in [-0.15, -0.1) is 0 Å². The second kappa shape index (κ2) is 4.80. The van der Waals surface area contributed by atoms with Crippen LogP contribution in [0.1, 0.15) is 12.8 Å². The lowest BCUT2D eigenvalue weighted by atomic mass is 10.2. The molecule has 0 bridgehead atoms. The fourth-order valence-electron chi connectivity index (χ4n) is 2.21. The maximum absolute atomic E-state index is 12.0. The third kappa shape index (κ3) is 2.17. The number of carbonyl (C=O) groups is 2. The smallest absolute Gasteiger partial charge is 0.326 e. The molecule has 1 amide bonds. The van der Waals surface area contributed by atoms with Gasteiger partial charge in [0, 0.05) is 13.1 Å². The van der Waals surface area contributed by atoms with Crippen LogP contribution in [0.3, 0.4) is 0 Å². The molecule has 0 aromatic rings. The highest BCUT2D eigenvalue weighted by atomic mass is 16.5. The summed E-state index contributed by atoms with van der Waals surface area (Å²) < 4.78 is 5.20. The van der Waals surface area contributed by atoms with E-state index >= 15 is 0 Å². The van der Waals surface area contributed by atoms with Crippen LogP contribution in [-0.4, -0.2) is 60.3 Å². The van der Waals surface area contributed by atoms with Gasteiger partial charge in [-0.1, -0.05) is 0 Å². The predicted octanol–water partition coefficient (Wildman–Crippen LogP) is -0.950. The molecular weight excluding hydrogens is 212 g/mol. The topological polar surface area (TPSA) is 78.9 Å².